The van der Waals surface area contributed by atoms with Crippen LogP contribution >= 0.6 is 0 Å². The first-order valence-corrected chi connectivity index (χ1v) is 4.10. The molecule has 0 unspecified atom stereocenters. The Balaban J connectivity index is 3.00. The fraction of sp³-hybridized carbons (Fsp3) is 0.250. The number of rotatable bonds is 2. The van der Waals surface area contributed by atoms with Crippen molar-refractivity contribution in [1.29, 1.82) is 0 Å². The van der Waals surface area contributed by atoms with E-state index in [4.69, 9.17) is 4.89 Å². The molecule has 2 nitrogen and oxygen atoms in total. The molecular weight excluding hydrogens is 224 g/mol. The van der Waals surface area contributed by atoms with E-state index in [0.29, 0.717) is 0 Å². The number of aryl methyl sites for hydroxylation is 2. The van der Waals surface area contributed by atoms with Crippen molar-refractivity contribution in [2.75, 3.05) is 0 Å². The van der Waals surface area contributed by atoms with E-state index in [-0.39, 0.29) is 0 Å². The van der Waals surface area contributed by atoms with Gasteiger partial charge >= 0.3 is 77.5 Å². The third-order valence-corrected chi connectivity index (χ3v) is 1.69. The summed E-state index contributed by atoms with van der Waals surface area (Å²) in [6, 6.07) is 5.97. The minimum atomic E-state index is 0.817. The second-order valence-corrected chi connectivity index (χ2v) is 2.71. The fourth-order valence-corrected chi connectivity index (χ4v) is 1.13. The Morgan fingerprint density at radius 1 is 1.18 bits per heavy atom. The second kappa shape index (κ2) is 3.89. The molecule has 0 aliphatic heterocycles. The summed E-state index contributed by atoms with van der Waals surface area (Å²) < 4.78 is 4.60. The summed E-state index contributed by atoms with van der Waals surface area (Å²) in [5.74, 6) is 0.817. The van der Waals surface area contributed by atoms with Gasteiger partial charge in [-0.05, 0) is 0 Å². The Morgan fingerprint density at radius 2 is 1.73 bits per heavy atom. The van der Waals surface area contributed by atoms with E-state index < -0.39 is 0 Å². The molecule has 0 atom stereocenters. The van der Waals surface area contributed by atoms with Crippen LogP contribution in [-0.4, -0.2) is 0 Å². The van der Waals surface area contributed by atoms with Crippen LogP contribution < -0.4 is 4.89 Å². The van der Waals surface area contributed by atoms with E-state index in [1.165, 1.54) is 20.2 Å². The van der Waals surface area contributed by atoms with Crippen molar-refractivity contribution in [3.63, 3.8) is 0 Å². The van der Waals surface area contributed by atoms with E-state index >= 15 is 0 Å². The van der Waals surface area contributed by atoms with Crippen LogP contribution in [0.15, 0.2) is 18.2 Å². The Kier molecular flexibility index (Phi) is 3.10. The van der Waals surface area contributed by atoms with E-state index in [9.17, 15) is 0 Å². The number of para-hydroxylation sites is 1. The first-order valence-electron chi connectivity index (χ1n) is 3.28. The zero-order valence-corrected chi connectivity index (χ0v) is 8.46. The van der Waals surface area contributed by atoms with Crippen LogP contribution in [0.5, 0.6) is 5.75 Å². The van der Waals surface area contributed by atoms with E-state index in [0.717, 1.165) is 16.9 Å². The topological polar surface area (TPSA) is 18.5 Å². The van der Waals surface area contributed by atoms with Crippen molar-refractivity contribution in [2.45, 2.75) is 13.8 Å². The summed E-state index contributed by atoms with van der Waals surface area (Å²) in [6.45, 7) is 3.98. The van der Waals surface area contributed by atoms with Crippen LogP contribution in [-0.2, 0) is 23.7 Å². The summed E-state index contributed by atoms with van der Waals surface area (Å²) in [7, 11) is 0. The molecule has 0 saturated carbocycles. The Bertz CT molecular complexity index is 228. The predicted molar refractivity (Wildman–Crippen MR) is 37.6 cm³/mol. The van der Waals surface area contributed by atoms with Crippen molar-refractivity contribution in [3.05, 3.63) is 29.3 Å². The first-order chi connectivity index (χ1) is 5.25. The van der Waals surface area contributed by atoms with Crippen LogP contribution in [0.25, 0.3) is 0 Å². The molecule has 0 spiro atoms. The molecule has 3 heteroatoms. The summed E-state index contributed by atoms with van der Waals surface area (Å²) >= 11 is 1.44. The molecular formula is C8H9MoO2+5. The molecule has 0 bridgehead atoms. The van der Waals surface area contributed by atoms with Gasteiger partial charge in [-0.3, -0.25) is 0 Å². The zero-order valence-electron chi connectivity index (χ0n) is 6.46. The van der Waals surface area contributed by atoms with Gasteiger partial charge in [-0.2, -0.15) is 0 Å². The number of hydrogen-bond donors (Lipinski definition) is 0. The third kappa shape index (κ3) is 2.05. The average Bonchev–Trinajstić information content (AvgIpc) is 1.97. The van der Waals surface area contributed by atoms with Crippen LogP contribution in [0, 0.1) is 13.8 Å². The molecule has 0 radical (unpaired) electrons. The molecule has 0 heterocycles. The summed E-state index contributed by atoms with van der Waals surface area (Å²) in [4.78, 5) is 4.97. The minimum absolute atomic E-state index is 0.817. The summed E-state index contributed by atoms with van der Waals surface area (Å²) in [5.41, 5.74) is 2.18. The van der Waals surface area contributed by atoms with Gasteiger partial charge in [0.15, 0.2) is 0 Å². The monoisotopic (exact) mass is 235 g/mol. The molecule has 1 rings (SSSR count). The maximum atomic E-state index is 4.97. The van der Waals surface area contributed by atoms with Gasteiger partial charge in [0, 0.05) is 0 Å². The third-order valence-electron chi connectivity index (χ3n) is 1.53. The molecule has 0 fully saturated rings. The average molecular weight is 233 g/mol. The van der Waals surface area contributed by atoms with E-state index in [1.54, 1.807) is 0 Å². The van der Waals surface area contributed by atoms with Gasteiger partial charge in [-0.25, -0.2) is 0 Å². The van der Waals surface area contributed by atoms with E-state index in [2.05, 4.69) is 3.54 Å². The summed E-state index contributed by atoms with van der Waals surface area (Å²) in [6.07, 6.45) is 0. The second-order valence-electron chi connectivity index (χ2n) is 2.37. The number of hydrogen-bond acceptors (Lipinski definition) is 2. The van der Waals surface area contributed by atoms with E-state index in [1.807, 2.05) is 32.0 Å². The Morgan fingerprint density at radius 3 is 2.18 bits per heavy atom. The van der Waals surface area contributed by atoms with Gasteiger partial charge in [-0.1, -0.05) is 0 Å². The molecule has 0 aliphatic carbocycles. The van der Waals surface area contributed by atoms with Crippen LogP contribution in [0.4, 0.5) is 0 Å². The molecule has 0 N–H and O–H groups in total. The van der Waals surface area contributed by atoms with Crippen molar-refractivity contribution >= 4 is 0 Å². The quantitative estimate of drug-likeness (QED) is 0.442. The standard InChI is InChI=1S/C8H10O2.Mo/c1-6-4-3-5-7(2)8(6)10-9;/h3-5,9H,1-2H3;/q;+6/p-1. The molecule has 1 aromatic rings. The van der Waals surface area contributed by atoms with Crippen LogP contribution in [0.3, 0.4) is 0 Å². The van der Waals surface area contributed by atoms with Crippen molar-refractivity contribution < 1.29 is 28.6 Å². The van der Waals surface area contributed by atoms with Gasteiger partial charge in [0.05, 0.1) is 0 Å². The Labute approximate surface area is 77.8 Å². The molecule has 0 amide bonds. The van der Waals surface area contributed by atoms with Gasteiger partial charge in [0.25, 0.3) is 0 Å². The molecule has 0 aliphatic rings. The van der Waals surface area contributed by atoms with Crippen molar-refractivity contribution in [1.82, 2.24) is 0 Å². The van der Waals surface area contributed by atoms with Gasteiger partial charge in [0.2, 0.25) is 0 Å². The molecule has 11 heavy (non-hydrogen) atoms. The Hall–Kier alpha value is -0.332. The predicted octanol–water partition coefficient (Wildman–Crippen LogP) is 2.08. The van der Waals surface area contributed by atoms with Crippen LogP contribution in [0.2, 0.25) is 0 Å². The molecule has 0 saturated heterocycles. The SMILES string of the molecule is Cc1cccc(C)c1O[O][Mo+5]. The zero-order chi connectivity index (χ0) is 8.27. The van der Waals surface area contributed by atoms with Crippen molar-refractivity contribution in [3.8, 4) is 5.75 Å². The normalized spacial score (nSPS) is 9.82. The molecule has 54 valence electrons. The molecule has 1 aromatic carbocycles. The first kappa shape index (κ1) is 8.76. The van der Waals surface area contributed by atoms with Crippen LogP contribution in [0.1, 0.15) is 11.1 Å². The summed E-state index contributed by atoms with van der Waals surface area (Å²) in [5, 5.41) is 0. The fourth-order valence-electron chi connectivity index (χ4n) is 0.965. The van der Waals surface area contributed by atoms with Crippen molar-refractivity contribution in [2.24, 2.45) is 0 Å². The number of benzene rings is 1. The van der Waals surface area contributed by atoms with Gasteiger partial charge < -0.3 is 0 Å². The van der Waals surface area contributed by atoms with Gasteiger partial charge in [-0.15, -0.1) is 0 Å². The molecule has 0 aromatic heterocycles. The maximum absolute atomic E-state index is 4.97. The van der Waals surface area contributed by atoms with Gasteiger partial charge in [0.1, 0.15) is 0 Å².